The van der Waals surface area contributed by atoms with Crippen LogP contribution in [0.4, 0.5) is 0 Å². The Morgan fingerprint density at radius 1 is 1.35 bits per heavy atom. The molecule has 0 saturated carbocycles. The number of phosphoric ester groups is 1. The van der Waals surface area contributed by atoms with E-state index in [1.807, 2.05) is 6.92 Å². The number of phosphoric acid groups is 1. The van der Waals surface area contributed by atoms with Crippen molar-refractivity contribution in [3.63, 3.8) is 0 Å². The molecule has 0 aliphatic rings. The summed E-state index contributed by atoms with van der Waals surface area (Å²) in [6.07, 6.45) is 0.131. The van der Waals surface area contributed by atoms with Crippen LogP contribution in [0, 0.1) is 6.92 Å². The zero-order valence-electron chi connectivity index (χ0n) is 13.3. The molecule has 1 N–H and O–H groups in total. The molecular weight excluding hydrogens is 367 g/mol. The fourth-order valence-electron chi connectivity index (χ4n) is 1.83. The van der Waals surface area contributed by atoms with Crippen LogP contribution in [-0.2, 0) is 34.3 Å². The molecule has 0 radical (unpaired) electrons. The Morgan fingerprint density at radius 3 is 2.43 bits per heavy atom. The van der Waals surface area contributed by atoms with E-state index in [1.165, 1.54) is 19.9 Å². The predicted molar refractivity (Wildman–Crippen MR) is 85.8 cm³/mol. The number of hydrogen-bond acceptors (Lipinski definition) is 6. The Bertz CT molecular complexity index is 679. The highest BCUT2D eigenvalue weighted by molar-refractivity contribution is 7.87. The monoisotopic (exact) mass is 386 g/mol. The molecule has 1 aromatic rings. The fraction of sp³-hybridized carbons (Fsp3) is 0.538. The topological polar surface area (TPSA) is 99.1 Å². The first-order chi connectivity index (χ1) is 10.5. The molecule has 0 fully saturated rings. The van der Waals surface area contributed by atoms with E-state index in [-0.39, 0.29) is 9.92 Å². The maximum Gasteiger partial charge on any atom is 0.474 e. The standard InChI is InChI=1S/C13H20ClO7PS/c1-5-11-6-10(4)13(12(14)7-11)23(17,18)20-8-19-22(15,16)21-9(2)3/h6-7,9H,5,8H2,1-4H3,(H,15,16). The first-order valence-corrected chi connectivity index (χ1v) is 10.1. The molecule has 0 amide bonds. The van der Waals surface area contributed by atoms with Gasteiger partial charge in [-0.15, -0.1) is 0 Å². The van der Waals surface area contributed by atoms with E-state index in [1.54, 1.807) is 13.0 Å². The Morgan fingerprint density at radius 2 is 1.96 bits per heavy atom. The van der Waals surface area contributed by atoms with E-state index >= 15 is 0 Å². The van der Waals surface area contributed by atoms with E-state index in [0.29, 0.717) is 12.0 Å². The third-order valence-corrected chi connectivity index (χ3v) is 5.69. The second-order valence-corrected chi connectivity index (χ2v) is 8.38. The van der Waals surface area contributed by atoms with Gasteiger partial charge >= 0.3 is 17.9 Å². The van der Waals surface area contributed by atoms with Crippen molar-refractivity contribution in [2.75, 3.05) is 6.79 Å². The SMILES string of the molecule is CCc1cc(C)c(S(=O)(=O)OCOP(=O)(O)OC(C)C)c(Cl)c1. The minimum atomic E-state index is -4.39. The Hall–Kier alpha value is -0.470. The Labute approximate surface area is 141 Å². The first kappa shape index (κ1) is 20.6. The third-order valence-electron chi connectivity index (χ3n) is 2.71. The van der Waals surface area contributed by atoms with Crippen LogP contribution in [0.2, 0.25) is 5.02 Å². The van der Waals surface area contributed by atoms with Gasteiger partial charge < -0.3 is 4.89 Å². The molecule has 23 heavy (non-hydrogen) atoms. The summed E-state index contributed by atoms with van der Waals surface area (Å²) in [5.41, 5.74) is 1.30. The predicted octanol–water partition coefficient (Wildman–Crippen LogP) is 3.42. The lowest BCUT2D eigenvalue weighted by atomic mass is 10.1. The molecule has 0 saturated heterocycles. The highest BCUT2D eigenvalue weighted by atomic mass is 35.5. The Kier molecular flexibility index (Phi) is 7.22. The minimum absolute atomic E-state index is 0.0208. The second-order valence-electron chi connectivity index (χ2n) is 5.02. The summed E-state index contributed by atoms with van der Waals surface area (Å²) in [5.74, 6) is 0. The van der Waals surface area contributed by atoms with E-state index < -0.39 is 30.8 Å². The van der Waals surface area contributed by atoms with E-state index in [0.717, 1.165) is 5.56 Å². The molecule has 0 heterocycles. The average Bonchev–Trinajstić information content (AvgIpc) is 2.34. The van der Waals surface area contributed by atoms with Crippen molar-refractivity contribution in [2.45, 2.75) is 45.1 Å². The highest BCUT2D eigenvalue weighted by Gasteiger charge is 2.27. The van der Waals surface area contributed by atoms with Gasteiger partial charge in [-0.05, 0) is 44.4 Å². The van der Waals surface area contributed by atoms with Crippen molar-refractivity contribution in [3.05, 3.63) is 28.3 Å². The molecule has 1 unspecified atom stereocenters. The lowest BCUT2D eigenvalue weighted by Gasteiger charge is -2.15. The molecule has 0 bridgehead atoms. The minimum Gasteiger partial charge on any atom is -0.302 e. The van der Waals surface area contributed by atoms with Gasteiger partial charge in [0.1, 0.15) is 4.90 Å². The number of benzene rings is 1. The summed E-state index contributed by atoms with van der Waals surface area (Å²) < 4.78 is 49.6. The quantitative estimate of drug-likeness (QED) is 0.415. The second kappa shape index (κ2) is 8.07. The number of hydrogen-bond donors (Lipinski definition) is 1. The highest BCUT2D eigenvalue weighted by Crippen LogP contribution is 2.44. The van der Waals surface area contributed by atoms with E-state index in [2.05, 4.69) is 13.2 Å². The number of halogens is 1. The van der Waals surface area contributed by atoms with Gasteiger partial charge in [0.15, 0.2) is 6.79 Å². The van der Waals surface area contributed by atoms with Crippen LogP contribution >= 0.6 is 19.4 Å². The molecule has 0 aliphatic heterocycles. The summed E-state index contributed by atoms with van der Waals surface area (Å²) >= 11 is 6.01. The van der Waals surface area contributed by atoms with Crippen LogP contribution in [0.3, 0.4) is 0 Å². The normalized spacial score (nSPS) is 14.9. The molecule has 1 aromatic carbocycles. The van der Waals surface area contributed by atoms with Gasteiger partial charge in [-0.3, -0.25) is 9.05 Å². The smallest absolute Gasteiger partial charge is 0.302 e. The molecule has 1 rings (SSSR count). The lowest BCUT2D eigenvalue weighted by Crippen LogP contribution is -2.12. The molecular formula is C13H20ClO7PS. The van der Waals surface area contributed by atoms with Gasteiger partial charge in [-0.2, -0.15) is 8.42 Å². The van der Waals surface area contributed by atoms with Gasteiger partial charge in [0.25, 0.3) is 0 Å². The van der Waals surface area contributed by atoms with Gasteiger partial charge in [0.05, 0.1) is 11.1 Å². The zero-order chi connectivity index (χ0) is 17.8. The van der Waals surface area contributed by atoms with E-state index in [4.69, 9.17) is 11.6 Å². The van der Waals surface area contributed by atoms with Gasteiger partial charge in [-0.1, -0.05) is 24.6 Å². The summed E-state index contributed by atoms with van der Waals surface area (Å²) in [7, 11) is -8.63. The van der Waals surface area contributed by atoms with Crippen LogP contribution in [0.15, 0.2) is 17.0 Å². The summed E-state index contributed by atoms with van der Waals surface area (Å²) in [6, 6.07) is 3.21. The number of aryl methyl sites for hydroxylation is 2. The van der Waals surface area contributed by atoms with Crippen LogP contribution in [0.25, 0.3) is 0 Å². The number of rotatable bonds is 8. The van der Waals surface area contributed by atoms with Gasteiger partial charge in [0, 0.05) is 0 Å². The maximum atomic E-state index is 12.2. The van der Waals surface area contributed by atoms with Crippen molar-refractivity contribution < 1.29 is 31.1 Å². The molecule has 132 valence electrons. The summed E-state index contributed by atoms with van der Waals surface area (Å²) in [5, 5.41) is 0.0208. The van der Waals surface area contributed by atoms with Gasteiger partial charge in [-0.25, -0.2) is 8.75 Å². The van der Waals surface area contributed by atoms with Crippen molar-refractivity contribution in [3.8, 4) is 0 Å². The molecule has 7 nitrogen and oxygen atoms in total. The molecule has 0 aliphatic carbocycles. The molecule has 0 spiro atoms. The molecule has 1 atom stereocenters. The van der Waals surface area contributed by atoms with Crippen molar-refractivity contribution in [1.82, 2.24) is 0 Å². The van der Waals surface area contributed by atoms with Crippen LogP contribution < -0.4 is 0 Å². The van der Waals surface area contributed by atoms with E-state index in [9.17, 15) is 17.9 Å². The maximum absolute atomic E-state index is 12.2. The summed E-state index contributed by atoms with van der Waals surface area (Å²) in [6.45, 7) is 5.59. The fourth-order valence-corrected chi connectivity index (χ4v) is 4.30. The van der Waals surface area contributed by atoms with Crippen molar-refractivity contribution in [2.24, 2.45) is 0 Å². The lowest BCUT2D eigenvalue weighted by molar-refractivity contribution is 0.0592. The summed E-state index contributed by atoms with van der Waals surface area (Å²) in [4.78, 5) is 9.14. The van der Waals surface area contributed by atoms with Gasteiger partial charge in [0.2, 0.25) is 0 Å². The largest absolute Gasteiger partial charge is 0.474 e. The third kappa shape index (κ3) is 6.15. The van der Waals surface area contributed by atoms with Crippen molar-refractivity contribution in [1.29, 1.82) is 0 Å². The van der Waals surface area contributed by atoms with Crippen LogP contribution in [0.1, 0.15) is 31.9 Å². The van der Waals surface area contributed by atoms with Crippen LogP contribution in [-0.4, -0.2) is 26.2 Å². The van der Waals surface area contributed by atoms with Crippen molar-refractivity contribution >= 4 is 29.5 Å². The zero-order valence-corrected chi connectivity index (χ0v) is 15.7. The molecule has 0 aromatic heterocycles. The molecule has 10 heteroatoms. The Balaban J connectivity index is 2.87. The first-order valence-electron chi connectivity index (χ1n) is 6.82. The average molecular weight is 387 g/mol. The van der Waals surface area contributed by atoms with Crippen LogP contribution in [0.5, 0.6) is 0 Å².